The number of aromatic nitrogens is 7. The van der Waals surface area contributed by atoms with Crippen LogP contribution in [0.1, 0.15) is 18.4 Å². The number of aryl methyl sites for hydroxylation is 3. The fourth-order valence-electron chi connectivity index (χ4n) is 2.50. The van der Waals surface area contributed by atoms with Crippen LogP contribution in [0, 0.1) is 21.8 Å². The molecule has 0 bridgehead atoms. The molecule has 3 heterocycles. The Balaban J connectivity index is 1.85. The zero-order valence-electron chi connectivity index (χ0n) is 13.2. The maximum Gasteiger partial charge on any atom is 0.306 e. The first-order valence-electron chi connectivity index (χ1n) is 7.37. The minimum absolute atomic E-state index is 0.0334. The summed E-state index contributed by atoms with van der Waals surface area (Å²) in [6.07, 6.45) is 4.90. The smallest absolute Gasteiger partial charge is 0.269 e. The maximum atomic E-state index is 10.7. The Bertz CT molecular complexity index is 934. The summed E-state index contributed by atoms with van der Waals surface area (Å²) in [5.74, 6) is 0.719. The van der Waals surface area contributed by atoms with Crippen molar-refractivity contribution in [3.8, 4) is 5.69 Å². The van der Waals surface area contributed by atoms with Gasteiger partial charge in [0.25, 0.3) is 0 Å². The van der Waals surface area contributed by atoms with Gasteiger partial charge in [-0.2, -0.15) is 15.3 Å². The maximum absolute atomic E-state index is 10.7. The lowest BCUT2D eigenvalue weighted by molar-refractivity contribution is -0.385. The molecule has 0 atom stereocenters. The molecule has 3 rings (SSSR count). The van der Waals surface area contributed by atoms with Crippen molar-refractivity contribution in [3.63, 3.8) is 0 Å². The van der Waals surface area contributed by atoms with Crippen molar-refractivity contribution in [3.05, 3.63) is 45.0 Å². The molecule has 0 aliphatic rings. The molecular weight excluding hydrogens is 332 g/mol. The van der Waals surface area contributed by atoms with Crippen LogP contribution in [0.5, 0.6) is 0 Å². The number of H-pyrrole nitrogens is 1. The predicted octanol–water partition coefficient (Wildman–Crippen LogP) is 1.80. The van der Waals surface area contributed by atoms with Gasteiger partial charge in [-0.05, 0) is 26.1 Å². The van der Waals surface area contributed by atoms with E-state index in [1.807, 2.05) is 23.1 Å². The third-order valence-corrected chi connectivity index (χ3v) is 4.03. The van der Waals surface area contributed by atoms with E-state index in [9.17, 15) is 10.1 Å². The van der Waals surface area contributed by atoms with Crippen molar-refractivity contribution in [2.45, 2.75) is 33.4 Å². The first-order chi connectivity index (χ1) is 11.5. The fourth-order valence-corrected chi connectivity index (χ4v) is 2.75. The second-order valence-corrected chi connectivity index (χ2v) is 5.57. The molecule has 11 heteroatoms. The van der Waals surface area contributed by atoms with Crippen molar-refractivity contribution >= 4 is 17.9 Å². The van der Waals surface area contributed by atoms with Crippen molar-refractivity contribution in [2.75, 3.05) is 0 Å². The molecule has 0 aliphatic carbocycles. The Labute approximate surface area is 141 Å². The average molecular weight is 348 g/mol. The van der Waals surface area contributed by atoms with Crippen LogP contribution in [-0.2, 0) is 19.5 Å². The van der Waals surface area contributed by atoms with Crippen LogP contribution < -0.4 is 0 Å². The summed E-state index contributed by atoms with van der Waals surface area (Å²) in [6, 6.07) is 0. The molecule has 1 N–H and O–H groups in total. The summed E-state index contributed by atoms with van der Waals surface area (Å²) in [4.78, 5) is 10.2. The lowest BCUT2D eigenvalue weighted by Gasteiger charge is -2.07. The van der Waals surface area contributed by atoms with E-state index in [1.54, 1.807) is 6.20 Å². The SMILES string of the molecule is CCn1ncc(-n2c(CCn3cc([N+](=O)[O-])cn3)n[nH]c2=S)c1C. The van der Waals surface area contributed by atoms with Gasteiger partial charge in [0.2, 0.25) is 0 Å². The van der Waals surface area contributed by atoms with Gasteiger partial charge in [-0.15, -0.1) is 0 Å². The molecule has 0 fully saturated rings. The molecule has 0 aliphatic heterocycles. The van der Waals surface area contributed by atoms with E-state index in [4.69, 9.17) is 12.2 Å². The summed E-state index contributed by atoms with van der Waals surface area (Å²) in [6.45, 7) is 5.21. The van der Waals surface area contributed by atoms with Gasteiger partial charge in [-0.25, -0.2) is 0 Å². The van der Waals surface area contributed by atoms with Crippen molar-refractivity contribution in [1.29, 1.82) is 0 Å². The van der Waals surface area contributed by atoms with E-state index in [-0.39, 0.29) is 5.69 Å². The quantitative estimate of drug-likeness (QED) is 0.413. The molecule has 0 spiro atoms. The van der Waals surface area contributed by atoms with Crippen LogP contribution in [0.15, 0.2) is 18.6 Å². The molecule has 0 unspecified atom stereocenters. The Hall–Kier alpha value is -2.82. The topological polar surface area (TPSA) is 112 Å². The van der Waals surface area contributed by atoms with Gasteiger partial charge >= 0.3 is 5.69 Å². The Kier molecular flexibility index (Phi) is 4.25. The number of hydrogen-bond acceptors (Lipinski definition) is 6. The van der Waals surface area contributed by atoms with Gasteiger partial charge in [-0.1, -0.05) is 0 Å². The number of nitrogens with zero attached hydrogens (tertiary/aromatic N) is 7. The molecule has 0 aromatic carbocycles. The van der Waals surface area contributed by atoms with Gasteiger partial charge in [-0.3, -0.25) is 29.1 Å². The van der Waals surface area contributed by atoms with E-state index < -0.39 is 4.92 Å². The molecule has 3 aromatic rings. The van der Waals surface area contributed by atoms with E-state index in [2.05, 4.69) is 20.4 Å². The highest BCUT2D eigenvalue weighted by Crippen LogP contribution is 2.17. The Morgan fingerprint density at radius 2 is 2.17 bits per heavy atom. The van der Waals surface area contributed by atoms with Crippen molar-refractivity contribution in [2.24, 2.45) is 0 Å². The van der Waals surface area contributed by atoms with E-state index in [0.29, 0.717) is 17.7 Å². The normalized spacial score (nSPS) is 11.1. The number of rotatable bonds is 6. The lowest BCUT2D eigenvalue weighted by atomic mass is 10.3. The highest BCUT2D eigenvalue weighted by Gasteiger charge is 2.15. The molecule has 10 nitrogen and oxygen atoms in total. The highest BCUT2D eigenvalue weighted by molar-refractivity contribution is 7.71. The van der Waals surface area contributed by atoms with Crippen LogP contribution in [0.25, 0.3) is 5.69 Å². The number of hydrogen-bond donors (Lipinski definition) is 1. The van der Waals surface area contributed by atoms with E-state index in [1.165, 1.54) is 17.1 Å². The Morgan fingerprint density at radius 1 is 1.38 bits per heavy atom. The summed E-state index contributed by atoms with van der Waals surface area (Å²) < 4.78 is 5.71. The van der Waals surface area contributed by atoms with Crippen LogP contribution in [0.4, 0.5) is 5.69 Å². The summed E-state index contributed by atoms with van der Waals surface area (Å²) in [5.41, 5.74) is 1.83. The van der Waals surface area contributed by atoms with Crippen LogP contribution >= 0.6 is 12.2 Å². The predicted molar refractivity (Wildman–Crippen MR) is 87.5 cm³/mol. The molecule has 0 saturated heterocycles. The molecule has 24 heavy (non-hydrogen) atoms. The molecule has 126 valence electrons. The van der Waals surface area contributed by atoms with Crippen LogP contribution in [0.3, 0.4) is 0 Å². The van der Waals surface area contributed by atoms with Gasteiger partial charge < -0.3 is 0 Å². The van der Waals surface area contributed by atoms with E-state index in [0.717, 1.165) is 23.8 Å². The molecule has 0 radical (unpaired) electrons. The van der Waals surface area contributed by atoms with Gasteiger partial charge in [0.1, 0.15) is 18.2 Å². The first-order valence-corrected chi connectivity index (χ1v) is 7.78. The average Bonchev–Trinajstić information content (AvgIpc) is 3.24. The molecule has 3 aromatic heterocycles. The molecule has 0 saturated carbocycles. The minimum atomic E-state index is -0.470. The fraction of sp³-hybridized carbons (Fsp3) is 0.385. The zero-order chi connectivity index (χ0) is 17.3. The summed E-state index contributed by atoms with van der Waals surface area (Å²) in [5, 5.41) is 26.1. The number of nitrogens with one attached hydrogen (secondary N) is 1. The van der Waals surface area contributed by atoms with E-state index >= 15 is 0 Å². The third kappa shape index (κ3) is 2.85. The minimum Gasteiger partial charge on any atom is -0.269 e. The molecular formula is C13H16N8O2S. The lowest BCUT2D eigenvalue weighted by Crippen LogP contribution is -2.08. The Morgan fingerprint density at radius 3 is 2.79 bits per heavy atom. The van der Waals surface area contributed by atoms with Crippen molar-refractivity contribution < 1.29 is 4.92 Å². The summed E-state index contributed by atoms with van der Waals surface area (Å²) >= 11 is 5.33. The molecule has 0 amide bonds. The zero-order valence-corrected chi connectivity index (χ0v) is 14.0. The second-order valence-electron chi connectivity index (χ2n) is 5.18. The largest absolute Gasteiger partial charge is 0.306 e. The van der Waals surface area contributed by atoms with Crippen LogP contribution in [-0.4, -0.2) is 39.2 Å². The number of aromatic amines is 1. The summed E-state index contributed by atoms with van der Waals surface area (Å²) in [7, 11) is 0. The van der Waals surface area contributed by atoms with Gasteiger partial charge in [0.05, 0.1) is 22.5 Å². The third-order valence-electron chi connectivity index (χ3n) is 3.75. The highest BCUT2D eigenvalue weighted by atomic mass is 32.1. The monoisotopic (exact) mass is 348 g/mol. The van der Waals surface area contributed by atoms with Gasteiger partial charge in [0, 0.05) is 19.5 Å². The van der Waals surface area contributed by atoms with Crippen molar-refractivity contribution in [1.82, 2.24) is 34.3 Å². The van der Waals surface area contributed by atoms with Gasteiger partial charge in [0.15, 0.2) is 4.77 Å². The standard InChI is InChI=1S/C13H16N8O2S/c1-3-19-9(2)11(7-15-19)20-12(16-17-13(20)24)4-5-18-8-10(6-14-18)21(22)23/h6-8H,3-5H2,1-2H3,(H,17,24). The van der Waals surface area contributed by atoms with Crippen LogP contribution in [0.2, 0.25) is 0 Å². The second kappa shape index (κ2) is 6.35. The first kappa shape index (κ1) is 16.1. The number of nitro groups is 1.